The van der Waals surface area contributed by atoms with Crippen molar-refractivity contribution >= 4 is 17.9 Å². The first-order valence-electron chi connectivity index (χ1n) is 12.0. The molecular weight excluding hydrogens is 441 g/mol. The van der Waals surface area contributed by atoms with Crippen LogP contribution in [0.2, 0.25) is 0 Å². The van der Waals surface area contributed by atoms with Crippen LogP contribution in [0.25, 0.3) is 0 Å². The Morgan fingerprint density at radius 1 is 0.970 bits per heavy atom. The van der Waals surface area contributed by atoms with Gasteiger partial charge in [0.15, 0.2) is 6.61 Å². The van der Waals surface area contributed by atoms with Gasteiger partial charge in [0.1, 0.15) is 12.2 Å². The molecule has 6 nitrogen and oxygen atoms in total. The van der Waals surface area contributed by atoms with E-state index in [9.17, 15) is 27.6 Å². The highest BCUT2D eigenvalue weighted by atomic mass is 19.4. The minimum absolute atomic E-state index is 0.188. The number of esters is 3. The molecule has 7 rings (SSSR count). The summed E-state index contributed by atoms with van der Waals surface area (Å²) in [4.78, 5) is 38.2. The van der Waals surface area contributed by atoms with E-state index in [0.717, 1.165) is 12.8 Å². The maximum atomic E-state index is 13.3. The monoisotopic (exact) mass is 466 g/mol. The average Bonchev–Trinajstić information content (AvgIpc) is 3.57. The van der Waals surface area contributed by atoms with Crippen LogP contribution in [0.3, 0.4) is 0 Å². The maximum Gasteiger partial charge on any atom is 0.422 e. The van der Waals surface area contributed by atoms with E-state index in [1.54, 1.807) is 0 Å². The molecule has 13 atom stereocenters. The van der Waals surface area contributed by atoms with Gasteiger partial charge in [0.05, 0.1) is 17.8 Å². The van der Waals surface area contributed by atoms with Crippen LogP contribution in [0.15, 0.2) is 12.2 Å². The van der Waals surface area contributed by atoms with Gasteiger partial charge in [0.2, 0.25) is 0 Å². The van der Waals surface area contributed by atoms with Crippen LogP contribution in [0, 0.1) is 65.1 Å². The van der Waals surface area contributed by atoms with E-state index in [1.165, 1.54) is 6.42 Å². The molecule has 0 spiro atoms. The molecule has 5 saturated carbocycles. The van der Waals surface area contributed by atoms with Crippen molar-refractivity contribution in [3.05, 3.63) is 12.2 Å². The highest BCUT2D eigenvalue weighted by Gasteiger charge is 2.71. The zero-order valence-corrected chi connectivity index (χ0v) is 17.8. The lowest BCUT2D eigenvalue weighted by Gasteiger charge is -2.37. The van der Waals surface area contributed by atoms with Crippen LogP contribution in [-0.4, -0.2) is 42.9 Å². The number of hydrogen-bond acceptors (Lipinski definition) is 6. The smallest absolute Gasteiger partial charge is 0.422 e. The van der Waals surface area contributed by atoms with Crippen molar-refractivity contribution in [2.24, 2.45) is 65.1 Å². The molecule has 33 heavy (non-hydrogen) atoms. The lowest BCUT2D eigenvalue weighted by Crippen LogP contribution is -2.45. The minimum Gasteiger partial charge on any atom is -0.458 e. The average molecular weight is 466 g/mol. The first kappa shape index (κ1) is 20.3. The number of ether oxygens (including phenoxy) is 3. The highest BCUT2D eigenvalue weighted by molar-refractivity contribution is 5.86. The third-order valence-corrected chi connectivity index (χ3v) is 10.0. The Hall–Kier alpha value is -2.06. The van der Waals surface area contributed by atoms with Crippen molar-refractivity contribution in [2.75, 3.05) is 6.61 Å². The second kappa shape index (κ2) is 6.54. The van der Waals surface area contributed by atoms with Gasteiger partial charge in [0.25, 0.3) is 0 Å². The minimum atomic E-state index is -4.65. The van der Waals surface area contributed by atoms with Gasteiger partial charge in [-0.3, -0.25) is 14.4 Å². The summed E-state index contributed by atoms with van der Waals surface area (Å²) in [6, 6.07) is 0. The molecule has 0 aromatic carbocycles. The lowest BCUT2D eigenvalue weighted by atomic mass is 9.69. The van der Waals surface area contributed by atoms with Crippen LogP contribution in [0.4, 0.5) is 13.2 Å². The number of halogens is 3. The van der Waals surface area contributed by atoms with E-state index < -0.39 is 54.7 Å². The molecular formula is C24H25F3O6. The summed E-state index contributed by atoms with van der Waals surface area (Å²) in [7, 11) is 0. The van der Waals surface area contributed by atoms with Gasteiger partial charge in [0, 0.05) is 11.8 Å². The summed E-state index contributed by atoms with van der Waals surface area (Å²) < 4.78 is 53.6. The molecule has 1 heterocycles. The number of hydrogen-bond donors (Lipinski definition) is 0. The molecule has 0 aromatic rings. The molecule has 6 bridgehead atoms. The van der Waals surface area contributed by atoms with Gasteiger partial charge in [-0.2, -0.15) is 13.2 Å². The molecule has 6 fully saturated rings. The molecule has 178 valence electrons. The van der Waals surface area contributed by atoms with Gasteiger partial charge in [-0.05, 0) is 61.2 Å². The van der Waals surface area contributed by atoms with Crippen molar-refractivity contribution < 1.29 is 41.8 Å². The molecule has 1 saturated heterocycles. The Morgan fingerprint density at radius 2 is 1.73 bits per heavy atom. The summed E-state index contributed by atoms with van der Waals surface area (Å²) in [5.41, 5.74) is 0. The van der Waals surface area contributed by atoms with Crippen LogP contribution in [-0.2, 0) is 28.6 Å². The molecule has 0 amide bonds. The second-order valence-corrected chi connectivity index (χ2v) is 11.2. The summed E-state index contributed by atoms with van der Waals surface area (Å²) in [5.74, 6) is -1.60. The Balaban J connectivity index is 1.08. The number of carbonyl (C=O) groups is 3. The fourth-order valence-corrected chi connectivity index (χ4v) is 9.23. The van der Waals surface area contributed by atoms with Crippen LogP contribution in [0.5, 0.6) is 0 Å². The SMILES string of the molecule is O=C(OC1C2CC3C1OC(=O)C3C2C(=O)OCC(F)(F)F)C1CC2CC1C1C3C=CC(C3)C21. The third-order valence-electron chi connectivity index (χ3n) is 10.0. The zero-order chi connectivity index (χ0) is 22.8. The van der Waals surface area contributed by atoms with Gasteiger partial charge >= 0.3 is 24.1 Å². The van der Waals surface area contributed by atoms with Crippen molar-refractivity contribution in [3.63, 3.8) is 0 Å². The quantitative estimate of drug-likeness (QED) is 0.274. The van der Waals surface area contributed by atoms with Crippen molar-refractivity contribution in [1.82, 2.24) is 0 Å². The normalized spacial score (nSPS) is 51.8. The molecule has 9 heteroatoms. The molecule has 0 N–H and O–H groups in total. The largest absolute Gasteiger partial charge is 0.458 e. The number of fused-ring (bicyclic) bond motifs is 10. The van der Waals surface area contributed by atoms with E-state index in [2.05, 4.69) is 16.9 Å². The highest BCUT2D eigenvalue weighted by Crippen LogP contribution is 2.67. The predicted octanol–water partition coefficient (Wildman–Crippen LogP) is 2.91. The zero-order valence-electron chi connectivity index (χ0n) is 17.8. The number of allylic oxidation sites excluding steroid dienone is 2. The van der Waals surface area contributed by atoms with Gasteiger partial charge in [-0.1, -0.05) is 12.2 Å². The first-order valence-corrected chi connectivity index (χ1v) is 12.0. The Kier molecular flexibility index (Phi) is 4.03. The van der Waals surface area contributed by atoms with E-state index >= 15 is 0 Å². The number of rotatable bonds is 4. The predicted molar refractivity (Wildman–Crippen MR) is 103 cm³/mol. The summed E-state index contributed by atoms with van der Waals surface area (Å²) in [6.45, 7) is -1.69. The molecule has 0 aromatic heterocycles. The Labute approximate surface area is 188 Å². The fraction of sp³-hybridized carbons (Fsp3) is 0.792. The molecule has 7 aliphatic rings. The maximum absolute atomic E-state index is 13.3. The van der Waals surface area contributed by atoms with Gasteiger partial charge in [-0.25, -0.2) is 0 Å². The topological polar surface area (TPSA) is 78.9 Å². The second-order valence-electron chi connectivity index (χ2n) is 11.2. The summed E-state index contributed by atoms with van der Waals surface area (Å²) in [5, 5.41) is 0. The van der Waals surface area contributed by atoms with E-state index in [-0.39, 0.29) is 17.8 Å². The molecule has 13 unspecified atom stereocenters. The standard InChI is InChI=1S/C24H25F3O6/c25-24(26,27)7-31-22(29)17-13-6-14-18(17)23(30)33-20(14)19(13)32-21(28)12-5-10-4-11(12)16-9-2-1-8(3-9)15(10)16/h1-2,8-20H,3-7H2. The number of carbonyl (C=O) groups excluding carboxylic acids is 3. The summed E-state index contributed by atoms with van der Waals surface area (Å²) >= 11 is 0. The molecule has 0 radical (unpaired) electrons. The van der Waals surface area contributed by atoms with Gasteiger partial charge in [-0.15, -0.1) is 0 Å². The third kappa shape index (κ3) is 2.71. The van der Waals surface area contributed by atoms with Crippen LogP contribution >= 0.6 is 0 Å². The van der Waals surface area contributed by atoms with Crippen molar-refractivity contribution in [2.45, 2.75) is 44.1 Å². The van der Waals surface area contributed by atoms with E-state index in [1.807, 2.05) is 0 Å². The molecule has 6 aliphatic carbocycles. The van der Waals surface area contributed by atoms with Crippen LogP contribution in [0.1, 0.15) is 25.7 Å². The van der Waals surface area contributed by atoms with Crippen molar-refractivity contribution in [3.8, 4) is 0 Å². The van der Waals surface area contributed by atoms with Gasteiger partial charge < -0.3 is 14.2 Å². The molecule has 1 aliphatic heterocycles. The van der Waals surface area contributed by atoms with Crippen molar-refractivity contribution in [1.29, 1.82) is 0 Å². The van der Waals surface area contributed by atoms with Crippen LogP contribution < -0.4 is 0 Å². The lowest BCUT2D eigenvalue weighted by molar-refractivity contribution is -0.193. The Bertz CT molecular complexity index is 960. The van der Waals surface area contributed by atoms with E-state index in [0.29, 0.717) is 41.9 Å². The first-order chi connectivity index (χ1) is 15.7. The fourth-order valence-electron chi connectivity index (χ4n) is 9.23. The summed E-state index contributed by atoms with van der Waals surface area (Å²) in [6.07, 6.45) is 2.08. The van der Waals surface area contributed by atoms with E-state index in [4.69, 9.17) is 9.47 Å². The Morgan fingerprint density at radius 3 is 2.48 bits per heavy atom. The number of alkyl halides is 3.